The first kappa shape index (κ1) is 18.8. The van der Waals surface area contributed by atoms with Crippen molar-refractivity contribution in [1.29, 1.82) is 0 Å². The summed E-state index contributed by atoms with van der Waals surface area (Å²) in [5.74, 6) is 1.86. The molecule has 4 heteroatoms. The summed E-state index contributed by atoms with van der Waals surface area (Å²) in [6.07, 6.45) is 0. The van der Waals surface area contributed by atoms with Crippen LogP contribution in [0.4, 0.5) is 0 Å². The SMILES string of the molecule is COc1ccc(OC)c(C[NH+]2CC[NH+](Cc3cccc4ccccc34)CC2)c1. The van der Waals surface area contributed by atoms with Crippen LogP contribution in [0, 0.1) is 0 Å². The number of fused-ring (bicyclic) bond motifs is 1. The van der Waals surface area contributed by atoms with Gasteiger partial charge < -0.3 is 19.3 Å². The van der Waals surface area contributed by atoms with E-state index in [2.05, 4.69) is 48.5 Å². The lowest BCUT2D eigenvalue weighted by atomic mass is 10.0. The molecule has 0 unspecified atom stereocenters. The Hall–Kier alpha value is -2.56. The quantitative estimate of drug-likeness (QED) is 0.677. The number of hydrogen-bond donors (Lipinski definition) is 2. The zero-order valence-corrected chi connectivity index (χ0v) is 16.8. The molecule has 1 heterocycles. The number of quaternary nitrogens is 2. The molecule has 0 radical (unpaired) electrons. The molecule has 146 valence electrons. The molecule has 0 aliphatic carbocycles. The minimum atomic E-state index is 0.899. The Bertz CT molecular complexity index is 928. The van der Waals surface area contributed by atoms with Crippen LogP contribution in [-0.2, 0) is 13.1 Å². The minimum absolute atomic E-state index is 0.899. The van der Waals surface area contributed by atoms with E-state index in [1.54, 1.807) is 24.0 Å². The van der Waals surface area contributed by atoms with Crippen LogP contribution in [0.3, 0.4) is 0 Å². The van der Waals surface area contributed by atoms with Crippen LogP contribution in [0.5, 0.6) is 11.5 Å². The zero-order valence-electron chi connectivity index (χ0n) is 16.8. The molecule has 0 aromatic heterocycles. The van der Waals surface area contributed by atoms with Crippen LogP contribution in [0.2, 0.25) is 0 Å². The maximum Gasteiger partial charge on any atom is 0.127 e. The van der Waals surface area contributed by atoms with Gasteiger partial charge in [0.25, 0.3) is 0 Å². The van der Waals surface area contributed by atoms with Crippen molar-refractivity contribution in [2.75, 3.05) is 40.4 Å². The van der Waals surface area contributed by atoms with E-state index in [1.807, 2.05) is 12.1 Å². The van der Waals surface area contributed by atoms with E-state index in [0.29, 0.717) is 0 Å². The van der Waals surface area contributed by atoms with Crippen LogP contribution in [0.25, 0.3) is 10.8 Å². The second-order valence-electron chi connectivity index (χ2n) is 7.67. The molecule has 0 saturated carbocycles. The largest absolute Gasteiger partial charge is 0.497 e. The average Bonchev–Trinajstić information content (AvgIpc) is 2.75. The highest BCUT2D eigenvalue weighted by Gasteiger charge is 2.24. The van der Waals surface area contributed by atoms with Crippen LogP contribution >= 0.6 is 0 Å². The molecule has 3 aromatic carbocycles. The van der Waals surface area contributed by atoms with Gasteiger partial charge in [-0.2, -0.15) is 0 Å². The molecule has 0 amide bonds. The Morgan fingerprint density at radius 1 is 0.714 bits per heavy atom. The van der Waals surface area contributed by atoms with Crippen molar-refractivity contribution in [1.82, 2.24) is 0 Å². The summed E-state index contributed by atoms with van der Waals surface area (Å²) in [6, 6.07) is 21.5. The molecule has 2 N–H and O–H groups in total. The first-order valence-corrected chi connectivity index (χ1v) is 10.1. The van der Waals surface area contributed by atoms with Gasteiger partial charge in [0.2, 0.25) is 0 Å². The van der Waals surface area contributed by atoms with Crippen molar-refractivity contribution < 1.29 is 19.3 Å². The van der Waals surface area contributed by atoms with Crippen LogP contribution in [0.15, 0.2) is 60.7 Å². The predicted octanol–water partition coefficient (Wildman–Crippen LogP) is 1.34. The molecule has 3 aromatic rings. The van der Waals surface area contributed by atoms with Gasteiger partial charge in [0.05, 0.1) is 19.8 Å². The third kappa shape index (κ3) is 4.13. The molecular formula is C24H30N2O2+2. The Balaban J connectivity index is 1.39. The van der Waals surface area contributed by atoms with Crippen molar-refractivity contribution >= 4 is 10.8 Å². The lowest BCUT2D eigenvalue weighted by molar-refractivity contribution is -1.02. The highest BCUT2D eigenvalue weighted by Crippen LogP contribution is 2.23. The number of rotatable bonds is 6. The van der Waals surface area contributed by atoms with E-state index in [1.165, 1.54) is 48.1 Å². The van der Waals surface area contributed by atoms with Crippen molar-refractivity contribution in [3.63, 3.8) is 0 Å². The molecule has 1 fully saturated rings. The average molecular weight is 379 g/mol. The molecular weight excluding hydrogens is 348 g/mol. The summed E-state index contributed by atoms with van der Waals surface area (Å²) < 4.78 is 10.9. The fourth-order valence-electron chi connectivity index (χ4n) is 4.32. The lowest BCUT2D eigenvalue weighted by Crippen LogP contribution is -3.27. The van der Waals surface area contributed by atoms with Crippen molar-refractivity contribution in [3.8, 4) is 11.5 Å². The lowest BCUT2D eigenvalue weighted by Gasteiger charge is -2.30. The molecule has 4 nitrogen and oxygen atoms in total. The summed E-state index contributed by atoms with van der Waals surface area (Å²) in [7, 11) is 3.46. The Morgan fingerprint density at radius 2 is 1.39 bits per heavy atom. The maximum atomic E-state index is 5.55. The van der Waals surface area contributed by atoms with Gasteiger partial charge in [0, 0.05) is 5.56 Å². The first-order valence-electron chi connectivity index (χ1n) is 10.1. The summed E-state index contributed by atoms with van der Waals surface area (Å²) in [5, 5.41) is 2.74. The Labute approximate surface area is 167 Å². The van der Waals surface area contributed by atoms with E-state index < -0.39 is 0 Å². The number of methoxy groups -OCH3 is 2. The third-order valence-electron chi connectivity index (χ3n) is 5.91. The molecule has 0 bridgehead atoms. The van der Waals surface area contributed by atoms with Gasteiger partial charge >= 0.3 is 0 Å². The smallest absolute Gasteiger partial charge is 0.127 e. The normalized spacial score (nSPS) is 19.5. The van der Waals surface area contributed by atoms with E-state index in [0.717, 1.165) is 24.6 Å². The second-order valence-corrected chi connectivity index (χ2v) is 7.67. The minimum Gasteiger partial charge on any atom is -0.497 e. The monoisotopic (exact) mass is 378 g/mol. The molecule has 1 aliphatic rings. The topological polar surface area (TPSA) is 27.3 Å². The standard InChI is InChI=1S/C24H28N2O2/c1-27-22-10-11-24(28-2)21(16-22)18-26-14-12-25(13-15-26)17-20-8-5-7-19-6-3-4-9-23(19)20/h3-11,16H,12-15,17-18H2,1-2H3/p+2. The molecule has 1 saturated heterocycles. The van der Waals surface area contributed by atoms with E-state index >= 15 is 0 Å². The molecule has 1 aliphatic heterocycles. The number of ether oxygens (including phenoxy) is 2. The third-order valence-corrected chi connectivity index (χ3v) is 5.91. The van der Waals surface area contributed by atoms with Gasteiger partial charge in [-0.1, -0.05) is 42.5 Å². The van der Waals surface area contributed by atoms with Crippen molar-refractivity contribution in [3.05, 3.63) is 71.8 Å². The fourth-order valence-corrected chi connectivity index (χ4v) is 4.32. The molecule has 4 rings (SSSR count). The predicted molar refractivity (Wildman–Crippen MR) is 112 cm³/mol. The second kappa shape index (κ2) is 8.63. The number of hydrogen-bond acceptors (Lipinski definition) is 2. The molecule has 0 atom stereocenters. The number of nitrogens with one attached hydrogen (secondary N) is 2. The Kier molecular flexibility index (Phi) is 5.79. The van der Waals surface area contributed by atoms with Gasteiger partial charge in [-0.3, -0.25) is 0 Å². The van der Waals surface area contributed by atoms with Gasteiger partial charge in [-0.25, -0.2) is 0 Å². The van der Waals surface area contributed by atoms with Gasteiger partial charge in [-0.15, -0.1) is 0 Å². The van der Waals surface area contributed by atoms with E-state index in [4.69, 9.17) is 9.47 Å². The molecule has 28 heavy (non-hydrogen) atoms. The van der Waals surface area contributed by atoms with Crippen molar-refractivity contribution in [2.45, 2.75) is 13.1 Å². The number of piperazine rings is 1. The highest BCUT2D eigenvalue weighted by molar-refractivity contribution is 5.85. The highest BCUT2D eigenvalue weighted by atomic mass is 16.5. The van der Waals surface area contributed by atoms with Crippen molar-refractivity contribution in [2.24, 2.45) is 0 Å². The molecule has 0 spiro atoms. The van der Waals surface area contributed by atoms with Gasteiger partial charge in [0.15, 0.2) is 0 Å². The van der Waals surface area contributed by atoms with Crippen LogP contribution in [-0.4, -0.2) is 40.4 Å². The number of benzene rings is 3. The maximum absolute atomic E-state index is 5.55. The summed E-state index contributed by atoms with van der Waals surface area (Å²) in [4.78, 5) is 3.30. The summed E-state index contributed by atoms with van der Waals surface area (Å²) >= 11 is 0. The fraction of sp³-hybridized carbons (Fsp3) is 0.333. The van der Waals surface area contributed by atoms with E-state index in [-0.39, 0.29) is 0 Å². The van der Waals surface area contributed by atoms with Gasteiger partial charge in [0.1, 0.15) is 50.8 Å². The summed E-state index contributed by atoms with van der Waals surface area (Å²) in [6.45, 7) is 6.86. The zero-order chi connectivity index (χ0) is 19.3. The van der Waals surface area contributed by atoms with E-state index in [9.17, 15) is 0 Å². The van der Waals surface area contributed by atoms with Gasteiger partial charge in [-0.05, 0) is 29.0 Å². The van der Waals surface area contributed by atoms with Crippen LogP contribution < -0.4 is 19.3 Å². The van der Waals surface area contributed by atoms with Crippen LogP contribution in [0.1, 0.15) is 11.1 Å². The summed E-state index contributed by atoms with van der Waals surface area (Å²) in [5.41, 5.74) is 2.69. The Morgan fingerprint density at radius 3 is 2.11 bits per heavy atom. The first-order chi connectivity index (χ1) is 13.8.